The highest BCUT2D eigenvalue weighted by atomic mass is 35.5. The molecule has 0 aromatic heterocycles. The molecule has 1 aliphatic heterocycles. The van der Waals surface area contributed by atoms with Gasteiger partial charge in [0.2, 0.25) is 0 Å². The Kier molecular flexibility index (Phi) is 6.49. The fraction of sp³-hybridized carbons (Fsp3) is 0.412. The van der Waals surface area contributed by atoms with Gasteiger partial charge >= 0.3 is 5.97 Å². The third-order valence-electron chi connectivity index (χ3n) is 3.69. The predicted molar refractivity (Wildman–Crippen MR) is 101 cm³/mol. The first-order chi connectivity index (χ1) is 11.3. The molecule has 130 valence electrons. The number of hydrogen-bond acceptors (Lipinski definition) is 3. The van der Waals surface area contributed by atoms with Gasteiger partial charge < -0.3 is 15.4 Å². The lowest BCUT2D eigenvalue weighted by atomic mass is 9.96. The summed E-state index contributed by atoms with van der Waals surface area (Å²) in [5.41, 5.74) is 1.96. The number of halogens is 2. The molecule has 0 amide bonds. The zero-order valence-electron chi connectivity index (χ0n) is 13.8. The summed E-state index contributed by atoms with van der Waals surface area (Å²) in [7, 11) is 0. The van der Waals surface area contributed by atoms with Crippen LogP contribution in [0.1, 0.15) is 38.8 Å². The Labute approximate surface area is 157 Å². The van der Waals surface area contributed by atoms with Crippen molar-refractivity contribution in [1.29, 1.82) is 0 Å². The summed E-state index contributed by atoms with van der Waals surface area (Å²) < 4.78 is 5.42. The second kappa shape index (κ2) is 8.19. The van der Waals surface area contributed by atoms with Gasteiger partial charge in [-0.3, -0.25) is 0 Å². The van der Waals surface area contributed by atoms with Crippen LogP contribution in [0.5, 0.6) is 0 Å². The van der Waals surface area contributed by atoms with Crippen LogP contribution in [-0.2, 0) is 9.53 Å². The average Bonchev–Trinajstić information content (AvgIpc) is 2.48. The maximum Gasteiger partial charge on any atom is 0.338 e. The smallest absolute Gasteiger partial charge is 0.338 e. The first-order valence-corrected chi connectivity index (χ1v) is 8.86. The second-order valence-electron chi connectivity index (χ2n) is 6.06. The maximum absolute atomic E-state index is 12.6. The summed E-state index contributed by atoms with van der Waals surface area (Å²) >= 11 is 17.3. The molecular weight excluding hydrogens is 367 g/mol. The van der Waals surface area contributed by atoms with Crippen LogP contribution < -0.4 is 10.6 Å². The van der Waals surface area contributed by atoms with Crippen LogP contribution in [-0.4, -0.2) is 17.7 Å². The molecule has 0 fully saturated rings. The molecule has 7 heteroatoms. The number of thiocarbonyl (C=S) groups is 1. The second-order valence-corrected chi connectivity index (χ2v) is 7.28. The lowest BCUT2D eigenvalue weighted by Gasteiger charge is -2.30. The van der Waals surface area contributed by atoms with Gasteiger partial charge in [-0.2, -0.15) is 0 Å². The van der Waals surface area contributed by atoms with Crippen LogP contribution in [0.25, 0.3) is 0 Å². The molecule has 1 aromatic rings. The van der Waals surface area contributed by atoms with Crippen molar-refractivity contribution < 1.29 is 9.53 Å². The van der Waals surface area contributed by atoms with Crippen molar-refractivity contribution in [3.63, 3.8) is 0 Å². The Balaban J connectivity index is 2.29. The number of rotatable bonds is 5. The maximum atomic E-state index is 12.6. The molecular formula is C17H20Cl2N2O2S. The molecule has 2 rings (SSSR count). The highest BCUT2D eigenvalue weighted by Gasteiger charge is 2.31. The summed E-state index contributed by atoms with van der Waals surface area (Å²) in [5, 5.41) is 7.40. The summed E-state index contributed by atoms with van der Waals surface area (Å²) in [5.74, 6) is 0.0978. The van der Waals surface area contributed by atoms with Gasteiger partial charge in [0.1, 0.15) is 0 Å². The van der Waals surface area contributed by atoms with E-state index in [1.165, 1.54) is 0 Å². The van der Waals surface area contributed by atoms with Gasteiger partial charge in [-0.05, 0) is 49.2 Å². The standard InChI is InChI=1S/C17H20Cl2N2O2S/c1-9(2)6-7-23-16(22)14-10(3)20-17(24)21-15(14)11-4-5-12(18)13(19)8-11/h4-5,8-9,15H,6-7H2,1-3H3,(H2,20,21,24). The number of nitrogens with one attached hydrogen (secondary N) is 2. The minimum absolute atomic E-state index is 0.369. The van der Waals surface area contributed by atoms with Crippen molar-refractivity contribution >= 4 is 46.5 Å². The topological polar surface area (TPSA) is 50.4 Å². The van der Waals surface area contributed by atoms with Gasteiger partial charge in [-0.1, -0.05) is 43.1 Å². The number of ether oxygens (including phenoxy) is 1. The Morgan fingerprint density at radius 2 is 2.04 bits per heavy atom. The van der Waals surface area contributed by atoms with Crippen LogP contribution in [0, 0.1) is 5.92 Å². The molecule has 1 heterocycles. The molecule has 2 N–H and O–H groups in total. The van der Waals surface area contributed by atoms with E-state index in [4.69, 9.17) is 40.2 Å². The molecule has 4 nitrogen and oxygen atoms in total. The Morgan fingerprint density at radius 3 is 2.67 bits per heavy atom. The largest absolute Gasteiger partial charge is 0.462 e. The van der Waals surface area contributed by atoms with E-state index in [0.29, 0.717) is 39.0 Å². The van der Waals surface area contributed by atoms with E-state index in [9.17, 15) is 4.79 Å². The van der Waals surface area contributed by atoms with E-state index in [2.05, 4.69) is 24.5 Å². The monoisotopic (exact) mass is 386 g/mol. The first-order valence-electron chi connectivity index (χ1n) is 7.70. The summed E-state index contributed by atoms with van der Waals surface area (Å²) in [6.45, 7) is 6.35. The lowest BCUT2D eigenvalue weighted by Crippen LogP contribution is -2.45. The molecule has 1 aromatic carbocycles. The third-order valence-corrected chi connectivity index (χ3v) is 4.65. The van der Waals surface area contributed by atoms with E-state index < -0.39 is 6.04 Å². The highest BCUT2D eigenvalue weighted by molar-refractivity contribution is 7.80. The van der Waals surface area contributed by atoms with Crippen LogP contribution in [0.3, 0.4) is 0 Å². The number of carbonyl (C=O) groups excluding carboxylic acids is 1. The molecule has 1 aliphatic rings. The number of allylic oxidation sites excluding steroid dienone is 1. The Bertz CT molecular complexity index is 689. The van der Waals surface area contributed by atoms with Crippen molar-refractivity contribution in [2.75, 3.05) is 6.61 Å². The van der Waals surface area contributed by atoms with Crippen molar-refractivity contribution in [2.45, 2.75) is 33.2 Å². The highest BCUT2D eigenvalue weighted by Crippen LogP contribution is 2.31. The normalized spacial score (nSPS) is 17.6. The van der Waals surface area contributed by atoms with E-state index >= 15 is 0 Å². The number of carbonyl (C=O) groups is 1. The first kappa shape index (κ1) is 19.0. The molecule has 0 saturated carbocycles. The third kappa shape index (κ3) is 4.62. The number of esters is 1. The average molecular weight is 387 g/mol. The van der Waals surface area contributed by atoms with Crippen molar-refractivity contribution in [2.24, 2.45) is 5.92 Å². The molecule has 1 atom stereocenters. The van der Waals surface area contributed by atoms with Crippen LogP contribution >= 0.6 is 35.4 Å². The zero-order chi connectivity index (χ0) is 17.9. The van der Waals surface area contributed by atoms with Gasteiger partial charge in [-0.15, -0.1) is 0 Å². The zero-order valence-corrected chi connectivity index (χ0v) is 16.1. The van der Waals surface area contributed by atoms with E-state index in [0.717, 1.165) is 12.0 Å². The fourth-order valence-electron chi connectivity index (χ4n) is 2.37. The molecule has 24 heavy (non-hydrogen) atoms. The van der Waals surface area contributed by atoms with Gasteiger partial charge in [0.15, 0.2) is 5.11 Å². The molecule has 0 aliphatic carbocycles. The van der Waals surface area contributed by atoms with Crippen molar-refractivity contribution in [3.8, 4) is 0 Å². The summed E-state index contributed by atoms with van der Waals surface area (Å²) in [6, 6.07) is 4.81. The quantitative estimate of drug-likeness (QED) is 0.580. The number of benzene rings is 1. The Morgan fingerprint density at radius 1 is 1.33 bits per heavy atom. The molecule has 1 unspecified atom stereocenters. The van der Waals surface area contributed by atoms with Crippen molar-refractivity contribution in [3.05, 3.63) is 45.1 Å². The molecule has 0 spiro atoms. The SMILES string of the molecule is CC1=C(C(=O)OCCC(C)C)C(c2ccc(Cl)c(Cl)c2)NC(=S)N1. The summed E-state index contributed by atoms with van der Waals surface area (Å²) in [4.78, 5) is 12.6. The molecule has 0 saturated heterocycles. The number of hydrogen-bond donors (Lipinski definition) is 2. The van der Waals surface area contributed by atoms with Crippen molar-refractivity contribution in [1.82, 2.24) is 10.6 Å². The van der Waals surface area contributed by atoms with Gasteiger partial charge in [-0.25, -0.2) is 4.79 Å². The van der Waals surface area contributed by atoms with Crippen LogP contribution in [0.2, 0.25) is 10.0 Å². The van der Waals surface area contributed by atoms with Gasteiger partial charge in [0.05, 0.1) is 28.3 Å². The van der Waals surface area contributed by atoms with Crippen LogP contribution in [0.15, 0.2) is 29.5 Å². The predicted octanol–water partition coefficient (Wildman–Crippen LogP) is 4.38. The van der Waals surface area contributed by atoms with Crippen LogP contribution in [0.4, 0.5) is 0 Å². The van der Waals surface area contributed by atoms with Gasteiger partial charge in [0, 0.05) is 5.70 Å². The fourth-order valence-corrected chi connectivity index (χ4v) is 2.95. The molecule has 0 radical (unpaired) electrons. The van der Waals surface area contributed by atoms with E-state index in [-0.39, 0.29) is 5.97 Å². The molecule has 0 bridgehead atoms. The minimum Gasteiger partial charge on any atom is -0.462 e. The Hall–Kier alpha value is -1.30. The van der Waals surface area contributed by atoms with Gasteiger partial charge in [0.25, 0.3) is 0 Å². The van der Waals surface area contributed by atoms with E-state index in [1.54, 1.807) is 19.1 Å². The summed E-state index contributed by atoms with van der Waals surface area (Å²) in [6.07, 6.45) is 0.814. The minimum atomic E-state index is -0.430. The van der Waals surface area contributed by atoms with E-state index in [1.807, 2.05) is 6.07 Å². The lowest BCUT2D eigenvalue weighted by molar-refractivity contribution is -0.139.